The summed E-state index contributed by atoms with van der Waals surface area (Å²) in [6.45, 7) is 5.48. The maximum Gasteiger partial charge on any atom is 0.416 e. The molecule has 1 aliphatic rings. The summed E-state index contributed by atoms with van der Waals surface area (Å²) in [5.41, 5.74) is -0.773. The van der Waals surface area contributed by atoms with E-state index in [1.807, 2.05) is 19.9 Å². The van der Waals surface area contributed by atoms with E-state index in [1.165, 1.54) is 6.07 Å². The third-order valence-corrected chi connectivity index (χ3v) is 6.26. The van der Waals surface area contributed by atoms with Crippen molar-refractivity contribution in [1.82, 2.24) is 4.90 Å². The van der Waals surface area contributed by atoms with Gasteiger partial charge in [0.2, 0.25) is 0 Å². The molecule has 0 saturated carbocycles. The van der Waals surface area contributed by atoms with Crippen molar-refractivity contribution in [2.45, 2.75) is 44.6 Å². The van der Waals surface area contributed by atoms with Gasteiger partial charge < -0.3 is 15.1 Å². The molecule has 148 valence electrons. The molecule has 1 aromatic heterocycles. The highest BCUT2D eigenvalue weighted by molar-refractivity contribution is 7.12. The summed E-state index contributed by atoms with van der Waals surface area (Å²) >= 11 is 1.65. The molecule has 27 heavy (non-hydrogen) atoms. The van der Waals surface area contributed by atoms with Crippen LogP contribution in [0.5, 0.6) is 0 Å². The molecule has 1 aliphatic heterocycles. The second kappa shape index (κ2) is 7.54. The first kappa shape index (κ1) is 20.3. The van der Waals surface area contributed by atoms with Crippen molar-refractivity contribution in [3.8, 4) is 0 Å². The maximum absolute atomic E-state index is 12.9. The van der Waals surface area contributed by atoms with E-state index < -0.39 is 23.4 Å². The monoisotopic (exact) mass is 399 g/mol. The number of rotatable bonds is 4. The van der Waals surface area contributed by atoms with Crippen molar-refractivity contribution < 1.29 is 23.4 Å². The Kier molecular flexibility index (Phi) is 5.68. The zero-order chi connectivity index (χ0) is 19.8. The van der Waals surface area contributed by atoms with Crippen LogP contribution < -0.4 is 0 Å². The smallest absolute Gasteiger partial charge is 0.387 e. The quantitative estimate of drug-likeness (QED) is 0.801. The van der Waals surface area contributed by atoms with Crippen LogP contribution in [0.4, 0.5) is 13.2 Å². The van der Waals surface area contributed by atoms with Crippen LogP contribution in [0.25, 0.3) is 0 Å². The molecule has 2 aromatic rings. The summed E-state index contributed by atoms with van der Waals surface area (Å²) in [4.78, 5) is 4.30. The van der Waals surface area contributed by atoms with Gasteiger partial charge >= 0.3 is 6.18 Å². The van der Waals surface area contributed by atoms with Crippen molar-refractivity contribution in [2.24, 2.45) is 0 Å². The molecule has 2 N–H and O–H groups in total. The van der Waals surface area contributed by atoms with Crippen LogP contribution in [0, 0.1) is 13.8 Å². The number of halogens is 3. The van der Waals surface area contributed by atoms with Gasteiger partial charge in [-0.25, -0.2) is 0 Å². The molecule has 1 fully saturated rings. The van der Waals surface area contributed by atoms with Gasteiger partial charge in [0.15, 0.2) is 0 Å². The molecule has 0 bridgehead atoms. The Morgan fingerprint density at radius 3 is 2.41 bits per heavy atom. The first-order valence-corrected chi connectivity index (χ1v) is 9.77. The lowest BCUT2D eigenvalue weighted by atomic mass is 9.83. The lowest BCUT2D eigenvalue weighted by Crippen LogP contribution is -2.44. The zero-order valence-electron chi connectivity index (χ0n) is 15.4. The van der Waals surface area contributed by atoms with Crippen LogP contribution in [0.3, 0.4) is 0 Å². The number of alkyl halides is 3. The fourth-order valence-corrected chi connectivity index (χ4v) is 4.69. The number of aliphatic hydroxyl groups excluding tert-OH is 1. The molecule has 1 aromatic carbocycles. The van der Waals surface area contributed by atoms with Crippen molar-refractivity contribution >= 4 is 11.3 Å². The molecule has 2 heterocycles. The fraction of sp³-hybridized carbons (Fsp3) is 0.500. The molecule has 0 spiro atoms. The number of benzene rings is 1. The molecule has 3 nitrogen and oxygen atoms in total. The summed E-state index contributed by atoms with van der Waals surface area (Å²) < 4.78 is 38.8. The molecule has 7 heteroatoms. The number of hydrogen-bond donors (Lipinski definition) is 2. The van der Waals surface area contributed by atoms with Gasteiger partial charge in [-0.15, -0.1) is 11.3 Å². The predicted octanol–water partition coefficient (Wildman–Crippen LogP) is 4.40. The van der Waals surface area contributed by atoms with E-state index in [9.17, 15) is 23.4 Å². The second-order valence-electron chi connectivity index (χ2n) is 7.30. The van der Waals surface area contributed by atoms with E-state index in [0.29, 0.717) is 38.0 Å². The lowest BCUT2D eigenvalue weighted by Gasteiger charge is -2.39. The lowest BCUT2D eigenvalue weighted by molar-refractivity contribution is -0.137. The van der Waals surface area contributed by atoms with Crippen molar-refractivity contribution in [3.05, 3.63) is 56.8 Å². The number of likely N-dealkylation sites (tertiary alicyclic amines) is 1. The van der Waals surface area contributed by atoms with Gasteiger partial charge in [-0.1, -0.05) is 12.1 Å². The van der Waals surface area contributed by atoms with E-state index in [-0.39, 0.29) is 0 Å². The number of hydrogen-bond acceptors (Lipinski definition) is 4. The van der Waals surface area contributed by atoms with Gasteiger partial charge in [-0.2, -0.15) is 13.2 Å². The highest BCUT2D eigenvalue weighted by Crippen LogP contribution is 2.37. The third-order valence-electron chi connectivity index (χ3n) is 5.28. The predicted molar refractivity (Wildman–Crippen MR) is 99.8 cm³/mol. The molecule has 1 atom stereocenters. The van der Waals surface area contributed by atoms with Crippen LogP contribution >= 0.6 is 11.3 Å². The topological polar surface area (TPSA) is 43.7 Å². The van der Waals surface area contributed by atoms with E-state index >= 15 is 0 Å². The highest BCUT2D eigenvalue weighted by Gasteiger charge is 2.37. The Morgan fingerprint density at radius 2 is 1.85 bits per heavy atom. The Bertz CT molecular complexity index is 795. The van der Waals surface area contributed by atoms with E-state index in [2.05, 4.69) is 4.90 Å². The molecule has 0 amide bonds. The van der Waals surface area contributed by atoms with Crippen LogP contribution in [0.15, 0.2) is 30.3 Å². The molecule has 1 saturated heterocycles. The minimum atomic E-state index is -4.42. The van der Waals surface area contributed by atoms with Gasteiger partial charge in [0.05, 0.1) is 17.3 Å². The molecule has 0 unspecified atom stereocenters. The number of nitrogens with zero attached hydrogens (tertiary/aromatic N) is 1. The average molecular weight is 399 g/mol. The van der Waals surface area contributed by atoms with Gasteiger partial charge in [0.1, 0.15) is 0 Å². The van der Waals surface area contributed by atoms with Gasteiger partial charge in [0, 0.05) is 29.4 Å². The van der Waals surface area contributed by atoms with Crippen LogP contribution in [0.1, 0.15) is 45.4 Å². The summed E-state index contributed by atoms with van der Waals surface area (Å²) in [6.07, 6.45) is -4.35. The van der Waals surface area contributed by atoms with Crippen molar-refractivity contribution in [3.63, 3.8) is 0 Å². The Balaban J connectivity index is 1.65. The van der Waals surface area contributed by atoms with Gasteiger partial charge in [0.25, 0.3) is 0 Å². The second-order valence-corrected chi connectivity index (χ2v) is 8.76. The molecular formula is C20H24F3NO2S. The normalized spacial score (nSPS) is 19.2. The van der Waals surface area contributed by atoms with E-state index in [0.717, 1.165) is 27.5 Å². The number of thiophene rings is 1. The van der Waals surface area contributed by atoms with Crippen LogP contribution in [-0.4, -0.2) is 34.7 Å². The Morgan fingerprint density at radius 1 is 1.19 bits per heavy atom. The summed E-state index contributed by atoms with van der Waals surface area (Å²) in [5, 5.41) is 21.4. The van der Waals surface area contributed by atoms with Gasteiger partial charge in [-0.3, -0.25) is 0 Å². The van der Waals surface area contributed by atoms with Gasteiger partial charge in [-0.05, 0) is 56.0 Å². The van der Waals surface area contributed by atoms with Crippen molar-refractivity contribution in [1.29, 1.82) is 0 Å². The van der Waals surface area contributed by atoms with Crippen LogP contribution in [0.2, 0.25) is 0 Å². The number of piperidine rings is 1. The highest BCUT2D eigenvalue weighted by atomic mass is 32.1. The molecule has 0 radical (unpaired) electrons. The van der Waals surface area contributed by atoms with Crippen molar-refractivity contribution in [2.75, 3.05) is 19.6 Å². The molecule has 0 aliphatic carbocycles. The SMILES string of the molecule is Cc1cc([C@@H](O)CN2CCC(O)(c3cccc(C(F)(F)F)c3)CC2)c(C)s1. The first-order valence-electron chi connectivity index (χ1n) is 8.96. The first-order chi connectivity index (χ1) is 12.6. The van der Waals surface area contributed by atoms with E-state index in [4.69, 9.17) is 0 Å². The van der Waals surface area contributed by atoms with E-state index in [1.54, 1.807) is 17.4 Å². The minimum Gasteiger partial charge on any atom is -0.387 e. The summed E-state index contributed by atoms with van der Waals surface area (Å²) in [6, 6.07) is 6.95. The Hall–Kier alpha value is -1.41. The largest absolute Gasteiger partial charge is 0.416 e. The third kappa shape index (κ3) is 4.54. The number of β-amino-alcohol motifs (C(OH)–C–C–N with tert-alkyl or cyclic N) is 1. The standard InChI is InChI=1S/C20H24F3NO2S/c1-13-10-17(14(2)27-13)18(25)12-24-8-6-19(26,7-9-24)15-4-3-5-16(11-15)20(21,22)23/h3-5,10-11,18,25-26H,6-9,12H2,1-2H3/t18-/m0/s1. The number of aryl methyl sites for hydroxylation is 2. The summed E-state index contributed by atoms with van der Waals surface area (Å²) in [7, 11) is 0. The minimum absolute atomic E-state index is 0.307. The fourth-order valence-electron chi connectivity index (χ4n) is 3.70. The van der Waals surface area contributed by atoms with Crippen LogP contribution in [-0.2, 0) is 11.8 Å². The number of aliphatic hydroxyl groups is 2. The molecular weight excluding hydrogens is 375 g/mol. The average Bonchev–Trinajstić information content (AvgIpc) is 2.95. The molecule has 3 rings (SSSR count). The zero-order valence-corrected chi connectivity index (χ0v) is 16.2. The summed E-state index contributed by atoms with van der Waals surface area (Å²) in [5.74, 6) is 0. The Labute approximate surface area is 161 Å². The maximum atomic E-state index is 12.9.